The van der Waals surface area contributed by atoms with Crippen LogP contribution >= 0.6 is 0 Å². The molecule has 0 unspecified atom stereocenters. The number of furan rings is 1. The first kappa shape index (κ1) is 15.4. The number of methoxy groups -OCH3 is 1. The molecular weight excluding hydrogens is 264 g/mol. The van der Waals surface area contributed by atoms with Crippen LogP contribution in [0, 0.1) is 0 Å². The molecule has 114 valence electrons. The van der Waals surface area contributed by atoms with E-state index < -0.39 is 0 Å². The summed E-state index contributed by atoms with van der Waals surface area (Å²) in [6.07, 6.45) is 1.13. The van der Waals surface area contributed by atoms with Crippen LogP contribution in [0.4, 0.5) is 5.69 Å². The van der Waals surface area contributed by atoms with Crippen LogP contribution in [0.3, 0.4) is 0 Å². The maximum Gasteiger partial charge on any atom is 0.123 e. The van der Waals surface area contributed by atoms with Crippen molar-refractivity contribution in [2.24, 2.45) is 0 Å². The van der Waals surface area contributed by atoms with E-state index in [1.54, 1.807) is 7.11 Å². The maximum absolute atomic E-state index is 5.84. The molecule has 0 spiro atoms. The first-order valence-corrected chi connectivity index (χ1v) is 7.36. The number of anilines is 1. The van der Waals surface area contributed by atoms with Gasteiger partial charge in [0, 0.05) is 18.8 Å². The van der Waals surface area contributed by atoms with E-state index in [0.29, 0.717) is 0 Å². The predicted molar refractivity (Wildman–Crippen MR) is 85.8 cm³/mol. The van der Waals surface area contributed by atoms with Crippen molar-refractivity contribution in [2.45, 2.75) is 26.4 Å². The second-order valence-corrected chi connectivity index (χ2v) is 5.10. The summed E-state index contributed by atoms with van der Waals surface area (Å²) in [5, 5.41) is 3.34. The van der Waals surface area contributed by atoms with Crippen molar-refractivity contribution < 1.29 is 9.15 Å². The van der Waals surface area contributed by atoms with Gasteiger partial charge in [0.2, 0.25) is 0 Å². The fourth-order valence-electron chi connectivity index (χ4n) is 2.16. The lowest BCUT2D eigenvalue weighted by Crippen LogP contribution is -2.16. The van der Waals surface area contributed by atoms with Gasteiger partial charge in [-0.3, -0.25) is 0 Å². The van der Waals surface area contributed by atoms with Crippen molar-refractivity contribution in [2.75, 3.05) is 25.6 Å². The molecule has 1 aromatic heterocycles. The Bertz CT molecular complexity index is 551. The SMILES string of the molecule is CCCNCc1ccc(CN(C)c2cccc(OC)c2)o1. The molecule has 0 bridgehead atoms. The highest BCUT2D eigenvalue weighted by atomic mass is 16.5. The Kier molecular flexibility index (Phi) is 5.69. The van der Waals surface area contributed by atoms with Crippen LogP contribution in [0.1, 0.15) is 24.9 Å². The molecule has 0 saturated carbocycles. The predicted octanol–water partition coefficient (Wildman–Crippen LogP) is 3.42. The lowest BCUT2D eigenvalue weighted by Gasteiger charge is -2.18. The van der Waals surface area contributed by atoms with Crippen LogP contribution in [-0.4, -0.2) is 20.7 Å². The number of rotatable bonds is 8. The zero-order chi connectivity index (χ0) is 15.1. The Morgan fingerprint density at radius 1 is 1.19 bits per heavy atom. The minimum Gasteiger partial charge on any atom is -0.497 e. The topological polar surface area (TPSA) is 37.6 Å². The normalized spacial score (nSPS) is 10.6. The Morgan fingerprint density at radius 2 is 2.00 bits per heavy atom. The zero-order valence-corrected chi connectivity index (χ0v) is 13.1. The van der Waals surface area contributed by atoms with Crippen molar-refractivity contribution in [1.29, 1.82) is 0 Å². The quantitative estimate of drug-likeness (QED) is 0.755. The fourth-order valence-corrected chi connectivity index (χ4v) is 2.16. The van der Waals surface area contributed by atoms with Crippen molar-refractivity contribution >= 4 is 5.69 Å². The van der Waals surface area contributed by atoms with Crippen molar-refractivity contribution in [3.05, 3.63) is 47.9 Å². The second-order valence-electron chi connectivity index (χ2n) is 5.10. The number of hydrogen-bond acceptors (Lipinski definition) is 4. The molecule has 0 atom stereocenters. The number of benzene rings is 1. The molecule has 2 rings (SSSR count). The first-order valence-electron chi connectivity index (χ1n) is 7.36. The third kappa shape index (κ3) is 4.53. The summed E-state index contributed by atoms with van der Waals surface area (Å²) in [6.45, 7) is 4.70. The molecule has 1 aromatic carbocycles. The lowest BCUT2D eigenvalue weighted by molar-refractivity contribution is 0.414. The van der Waals surface area contributed by atoms with Crippen LogP contribution in [0.2, 0.25) is 0 Å². The van der Waals surface area contributed by atoms with Crippen LogP contribution in [-0.2, 0) is 13.1 Å². The summed E-state index contributed by atoms with van der Waals surface area (Å²) in [4.78, 5) is 2.14. The standard InChI is InChI=1S/C17H24N2O2/c1-4-10-18-12-16-8-9-17(21-16)13-19(2)14-6-5-7-15(11-14)20-3/h5-9,11,18H,4,10,12-13H2,1-3H3. The fraction of sp³-hybridized carbons (Fsp3) is 0.412. The average Bonchev–Trinajstić information content (AvgIpc) is 2.95. The van der Waals surface area contributed by atoms with Gasteiger partial charge in [-0.05, 0) is 37.2 Å². The summed E-state index contributed by atoms with van der Waals surface area (Å²) < 4.78 is 11.1. The third-order valence-corrected chi connectivity index (χ3v) is 3.33. The number of hydrogen-bond donors (Lipinski definition) is 1. The van der Waals surface area contributed by atoms with Crippen LogP contribution < -0.4 is 15.0 Å². The summed E-state index contributed by atoms with van der Waals surface area (Å²) in [5.74, 6) is 2.81. The molecule has 0 saturated heterocycles. The Hall–Kier alpha value is -1.94. The van der Waals surface area contributed by atoms with Gasteiger partial charge in [-0.15, -0.1) is 0 Å². The molecule has 1 N–H and O–H groups in total. The number of ether oxygens (including phenoxy) is 1. The smallest absolute Gasteiger partial charge is 0.123 e. The lowest BCUT2D eigenvalue weighted by atomic mass is 10.2. The molecule has 0 amide bonds. The Labute approximate surface area is 126 Å². The van der Waals surface area contributed by atoms with E-state index in [-0.39, 0.29) is 0 Å². The highest BCUT2D eigenvalue weighted by molar-refractivity contribution is 5.50. The van der Waals surface area contributed by atoms with Crippen molar-refractivity contribution in [3.63, 3.8) is 0 Å². The maximum atomic E-state index is 5.84. The largest absolute Gasteiger partial charge is 0.497 e. The van der Waals surface area contributed by atoms with Gasteiger partial charge in [-0.25, -0.2) is 0 Å². The molecule has 0 fully saturated rings. The first-order chi connectivity index (χ1) is 10.2. The van der Waals surface area contributed by atoms with Crippen molar-refractivity contribution in [1.82, 2.24) is 5.32 Å². The van der Waals surface area contributed by atoms with Gasteiger partial charge in [0.25, 0.3) is 0 Å². The molecule has 0 aliphatic carbocycles. The van der Waals surface area contributed by atoms with Gasteiger partial charge < -0.3 is 19.4 Å². The van der Waals surface area contributed by atoms with Gasteiger partial charge in [-0.2, -0.15) is 0 Å². The Morgan fingerprint density at radius 3 is 2.76 bits per heavy atom. The number of nitrogens with zero attached hydrogens (tertiary/aromatic N) is 1. The van der Waals surface area contributed by atoms with E-state index in [1.807, 2.05) is 37.4 Å². The molecule has 4 heteroatoms. The molecule has 2 aromatic rings. The van der Waals surface area contributed by atoms with Crippen LogP contribution in [0.5, 0.6) is 5.75 Å². The van der Waals surface area contributed by atoms with E-state index in [2.05, 4.69) is 23.2 Å². The summed E-state index contributed by atoms with van der Waals surface area (Å²) in [5.41, 5.74) is 1.11. The number of nitrogens with one attached hydrogen (secondary N) is 1. The molecule has 0 aliphatic rings. The van der Waals surface area contributed by atoms with E-state index in [0.717, 1.165) is 49.0 Å². The zero-order valence-electron chi connectivity index (χ0n) is 13.1. The highest BCUT2D eigenvalue weighted by Gasteiger charge is 2.07. The molecule has 0 aliphatic heterocycles. The van der Waals surface area contributed by atoms with E-state index >= 15 is 0 Å². The minimum atomic E-state index is 0.737. The van der Waals surface area contributed by atoms with Gasteiger partial charge in [0.15, 0.2) is 0 Å². The molecule has 1 heterocycles. The Balaban J connectivity index is 1.94. The minimum absolute atomic E-state index is 0.737. The molecule has 0 radical (unpaired) electrons. The van der Waals surface area contributed by atoms with Crippen LogP contribution in [0.15, 0.2) is 40.8 Å². The highest BCUT2D eigenvalue weighted by Crippen LogP contribution is 2.21. The monoisotopic (exact) mass is 288 g/mol. The van der Waals surface area contributed by atoms with Gasteiger partial charge >= 0.3 is 0 Å². The van der Waals surface area contributed by atoms with Gasteiger partial charge in [0.1, 0.15) is 17.3 Å². The van der Waals surface area contributed by atoms with Crippen molar-refractivity contribution in [3.8, 4) is 5.75 Å². The average molecular weight is 288 g/mol. The van der Waals surface area contributed by atoms with E-state index in [9.17, 15) is 0 Å². The second kappa shape index (κ2) is 7.74. The molecule has 21 heavy (non-hydrogen) atoms. The summed E-state index contributed by atoms with van der Waals surface area (Å²) in [6, 6.07) is 12.1. The molecular formula is C17H24N2O2. The van der Waals surface area contributed by atoms with E-state index in [1.165, 1.54) is 0 Å². The third-order valence-electron chi connectivity index (χ3n) is 3.33. The van der Waals surface area contributed by atoms with Gasteiger partial charge in [-0.1, -0.05) is 13.0 Å². The van der Waals surface area contributed by atoms with E-state index in [4.69, 9.17) is 9.15 Å². The van der Waals surface area contributed by atoms with Gasteiger partial charge in [0.05, 0.1) is 20.2 Å². The summed E-state index contributed by atoms with van der Waals surface area (Å²) >= 11 is 0. The van der Waals surface area contributed by atoms with Crippen LogP contribution in [0.25, 0.3) is 0 Å². The molecule has 4 nitrogen and oxygen atoms in total. The summed E-state index contributed by atoms with van der Waals surface area (Å²) in [7, 11) is 3.73.